The largest absolute Gasteiger partial charge is 0.494 e. The maximum atomic E-state index is 13.5. The van der Waals surface area contributed by atoms with Crippen LogP contribution in [0.5, 0.6) is 5.75 Å². The van der Waals surface area contributed by atoms with E-state index in [2.05, 4.69) is 18.7 Å². The summed E-state index contributed by atoms with van der Waals surface area (Å²) in [4.78, 5) is 30.6. The van der Waals surface area contributed by atoms with E-state index in [1.165, 1.54) is 4.90 Å². The second-order valence-corrected chi connectivity index (χ2v) is 8.79. The van der Waals surface area contributed by atoms with Crippen LogP contribution in [0.3, 0.4) is 0 Å². The van der Waals surface area contributed by atoms with Crippen molar-refractivity contribution in [2.45, 2.75) is 39.5 Å². The minimum Gasteiger partial charge on any atom is -0.494 e. The van der Waals surface area contributed by atoms with Gasteiger partial charge in [-0.05, 0) is 54.9 Å². The molecule has 2 heterocycles. The number of carbonyl (C=O) groups is 2. The predicted molar refractivity (Wildman–Crippen MR) is 126 cm³/mol. The summed E-state index contributed by atoms with van der Waals surface area (Å²) < 4.78 is 5.70. The molecule has 32 heavy (non-hydrogen) atoms. The van der Waals surface area contributed by atoms with Crippen molar-refractivity contribution < 1.29 is 14.3 Å². The minimum absolute atomic E-state index is 0.165. The Morgan fingerprint density at radius 3 is 2.44 bits per heavy atom. The van der Waals surface area contributed by atoms with Gasteiger partial charge in [0.15, 0.2) is 0 Å². The number of benzene rings is 2. The molecule has 0 radical (unpaired) electrons. The highest BCUT2D eigenvalue weighted by Gasteiger charge is 2.41. The zero-order valence-electron chi connectivity index (χ0n) is 19.0. The molecular weight excluding hydrogens is 400 g/mol. The Balaban J connectivity index is 1.63. The molecule has 4 rings (SSSR count). The molecule has 2 aromatic carbocycles. The molecule has 1 saturated heterocycles. The first-order chi connectivity index (χ1) is 15.6. The topological polar surface area (TPSA) is 49.9 Å². The van der Waals surface area contributed by atoms with E-state index in [0.29, 0.717) is 36.8 Å². The van der Waals surface area contributed by atoms with Crippen molar-refractivity contribution in [3.63, 3.8) is 0 Å². The molecule has 5 nitrogen and oxygen atoms in total. The first kappa shape index (κ1) is 22.1. The molecule has 5 heteroatoms. The van der Waals surface area contributed by atoms with Crippen LogP contribution in [0.2, 0.25) is 0 Å². The predicted octanol–water partition coefficient (Wildman–Crippen LogP) is 4.53. The number of hydrogen-bond acceptors (Lipinski definition) is 4. The number of nitrogens with zero attached hydrogens (tertiary/aromatic N) is 2. The quantitative estimate of drug-likeness (QED) is 0.575. The van der Waals surface area contributed by atoms with E-state index < -0.39 is 0 Å². The third kappa shape index (κ3) is 4.72. The lowest BCUT2D eigenvalue weighted by Crippen LogP contribution is -2.39. The van der Waals surface area contributed by atoms with Crippen molar-refractivity contribution >= 4 is 17.4 Å². The number of likely N-dealkylation sites (tertiary alicyclic amines) is 1. The first-order valence-corrected chi connectivity index (χ1v) is 11.7. The summed E-state index contributed by atoms with van der Waals surface area (Å²) in [6.07, 6.45) is 3.78. The average Bonchev–Trinajstić information content (AvgIpc) is 3.07. The SMILES string of the molecule is CCCOc1ccc(C2=C(N3CCCC(C)C3)C(=O)N(CCc3ccccc3)C2=O)cc1. The summed E-state index contributed by atoms with van der Waals surface area (Å²) in [5.41, 5.74) is 2.99. The van der Waals surface area contributed by atoms with Crippen LogP contribution in [0, 0.1) is 5.92 Å². The van der Waals surface area contributed by atoms with E-state index in [0.717, 1.165) is 49.2 Å². The highest BCUT2D eigenvalue weighted by Crippen LogP contribution is 2.34. The third-order valence-corrected chi connectivity index (χ3v) is 6.20. The number of carbonyl (C=O) groups excluding carboxylic acids is 2. The number of rotatable bonds is 8. The lowest BCUT2D eigenvalue weighted by molar-refractivity contribution is -0.137. The molecule has 0 aliphatic carbocycles. The summed E-state index contributed by atoms with van der Waals surface area (Å²) in [5, 5.41) is 0. The van der Waals surface area contributed by atoms with Crippen molar-refractivity contribution in [1.29, 1.82) is 0 Å². The molecule has 2 amide bonds. The van der Waals surface area contributed by atoms with Gasteiger partial charge in [0.2, 0.25) is 0 Å². The van der Waals surface area contributed by atoms with Crippen LogP contribution in [-0.2, 0) is 16.0 Å². The number of imide groups is 1. The molecule has 2 aliphatic heterocycles. The molecule has 0 spiro atoms. The molecule has 0 N–H and O–H groups in total. The van der Waals surface area contributed by atoms with Gasteiger partial charge in [0.05, 0.1) is 12.2 Å². The molecule has 0 bridgehead atoms. The Kier molecular flexibility index (Phi) is 6.93. The van der Waals surface area contributed by atoms with Gasteiger partial charge >= 0.3 is 0 Å². The lowest BCUT2D eigenvalue weighted by atomic mass is 9.97. The van der Waals surface area contributed by atoms with Gasteiger partial charge in [-0.15, -0.1) is 0 Å². The molecule has 2 aromatic rings. The van der Waals surface area contributed by atoms with Gasteiger partial charge in [-0.3, -0.25) is 14.5 Å². The van der Waals surface area contributed by atoms with Crippen LogP contribution in [-0.4, -0.2) is 47.9 Å². The number of hydrogen-bond donors (Lipinski definition) is 0. The molecule has 168 valence electrons. The summed E-state index contributed by atoms with van der Waals surface area (Å²) in [5.74, 6) is 0.924. The van der Waals surface area contributed by atoms with Crippen LogP contribution in [0.4, 0.5) is 0 Å². The summed E-state index contributed by atoms with van der Waals surface area (Å²) in [7, 11) is 0. The lowest BCUT2D eigenvalue weighted by Gasteiger charge is -2.33. The summed E-state index contributed by atoms with van der Waals surface area (Å²) >= 11 is 0. The monoisotopic (exact) mass is 432 g/mol. The Morgan fingerprint density at radius 2 is 1.75 bits per heavy atom. The van der Waals surface area contributed by atoms with Gasteiger partial charge in [-0.1, -0.05) is 56.3 Å². The van der Waals surface area contributed by atoms with E-state index in [1.807, 2.05) is 54.6 Å². The van der Waals surface area contributed by atoms with Crippen LogP contribution >= 0.6 is 0 Å². The van der Waals surface area contributed by atoms with Crippen molar-refractivity contribution in [3.05, 3.63) is 71.4 Å². The normalized spacial score (nSPS) is 19.1. The fourth-order valence-electron chi connectivity index (χ4n) is 4.54. The second kappa shape index (κ2) is 10.0. The fourth-order valence-corrected chi connectivity index (χ4v) is 4.54. The highest BCUT2D eigenvalue weighted by atomic mass is 16.5. The standard InChI is InChI=1S/C27H32N2O3/c1-3-18-32-23-13-11-22(12-14-23)24-25(28-16-7-8-20(2)19-28)27(31)29(26(24)30)17-15-21-9-5-4-6-10-21/h4-6,9-14,20H,3,7-8,15-19H2,1-2H3. The van der Waals surface area contributed by atoms with Crippen LogP contribution in [0.25, 0.3) is 5.57 Å². The van der Waals surface area contributed by atoms with E-state index in [9.17, 15) is 9.59 Å². The first-order valence-electron chi connectivity index (χ1n) is 11.7. The molecule has 1 atom stereocenters. The van der Waals surface area contributed by atoms with Crippen LogP contribution < -0.4 is 4.74 Å². The van der Waals surface area contributed by atoms with Gasteiger partial charge in [0, 0.05) is 19.6 Å². The summed E-state index contributed by atoms with van der Waals surface area (Å²) in [6, 6.07) is 17.6. The Hall–Kier alpha value is -3.08. The number of piperidine rings is 1. The maximum Gasteiger partial charge on any atom is 0.277 e. The van der Waals surface area contributed by atoms with Gasteiger partial charge in [0.1, 0.15) is 11.4 Å². The Morgan fingerprint density at radius 1 is 1.00 bits per heavy atom. The van der Waals surface area contributed by atoms with Crippen molar-refractivity contribution in [2.24, 2.45) is 5.92 Å². The van der Waals surface area contributed by atoms with E-state index >= 15 is 0 Å². The molecule has 1 unspecified atom stereocenters. The summed E-state index contributed by atoms with van der Waals surface area (Å²) in [6.45, 7) is 6.94. The van der Waals surface area contributed by atoms with E-state index in [1.54, 1.807) is 0 Å². The van der Waals surface area contributed by atoms with Crippen molar-refractivity contribution in [2.75, 3.05) is 26.2 Å². The molecular formula is C27H32N2O3. The van der Waals surface area contributed by atoms with Crippen LogP contribution in [0.15, 0.2) is 60.3 Å². The maximum absolute atomic E-state index is 13.5. The average molecular weight is 433 g/mol. The Labute approximate surface area is 190 Å². The van der Waals surface area contributed by atoms with Crippen LogP contribution in [0.1, 0.15) is 44.2 Å². The zero-order chi connectivity index (χ0) is 22.5. The molecule has 0 saturated carbocycles. The minimum atomic E-state index is -0.193. The van der Waals surface area contributed by atoms with Gasteiger partial charge in [-0.2, -0.15) is 0 Å². The molecule has 1 fully saturated rings. The van der Waals surface area contributed by atoms with Gasteiger partial charge < -0.3 is 9.64 Å². The number of amides is 2. The third-order valence-electron chi connectivity index (χ3n) is 6.20. The fraction of sp³-hybridized carbons (Fsp3) is 0.407. The Bertz CT molecular complexity index is 982. The van der Waals surface area contributed by atoms with E-state index in [-0.39, 0.29) is 11.8 Å². The number of ether oxygens (including phenoxy) is 1. The van der Waals surface area contributed by atoms with Crippen molar-refractivity contribution in [3.8, 4) is 5.75 Å². The highest BCUT2D eigenvalue weighted by molar-refractivity contribution is 6.35. The second-order valence-electron chi connectivity index (χ2n) is 8.79. The van der Waals surface area contributed by atoms with Crippen molar-refractivity contribution in [1.82, 2.24) is 9.80 Å². The molecule has 0 aromatic heterocycles. The van der Waals surface area contributed by atoms with E-state index in [4.69, 9.17) is 4.74 Å². The zero-order valence-corrected chi connectivity index (χ0v) is 19.0. The molecule has 2 aliphatic rings. The van der Waals surface area contributed by atoms with Gasteiger partial charge in [-0.25, -0.2) is 0 Å². The smallest absolute Gasteiger partial charge is 0.277 e. The van der Waals surface area contributed by atoms with Gasteiger partial charge in [0.25, 0.3) is 11.8 Å².